The van der Waals surface area contributed by atoms with Crippen molar-refractivity contribution in [2.45, 2.75) is 25.2 Å². The minimum Gasteiger partial charge on any atom is -0.384 e. The van der Waals surface area contributed by atoms with E-state index in [0.29, 0.717) is 28.5 Å². The molecule has 3 atom stereocenters. The van der Waals surface area contributed by atoms with E-state index in [4.69, 9.17) is 0 Å². The van der Waals surface area contributed by atoms with Crippen LogP contribution in [0.5, 0.6) is 0 Å². The molecule has 4 rings (SSSR count). The maximum absolute atomic E-state index is 13.5. The van der Waals surface area contributed by atoms with Gasteiger partial charge in [0.15, 0.2) is 5.69 Å². The van der Waals surface area contributed by atoms with E-state index < -0.39 is 35.8 Å². The van der Waals surface area contributed by atoms with Crippen LogP contribution in [0.3, 0.4) is 0 Å². The standard InChI is InChI=1S/C26H21F3N4O2/c1-16-19(15-30)10-6-12-21(16)33-22(14-23(32-33)26(27,28)29)25(35)31-20-11-5-9-18(13-20)24(34)17-7-3-2-4-8-17/h2-14,16,21,24,34H,1H3,(H,31,35). The highest BCUT2D eigenvalue weighted by molar-refractivity contribution is 6.03. The van der Waals surface area contributed by atoms with Gasteiger partial charge >= 0.3 is 6.18 Å². The van der Waals surface area contributed by atoms with E-state index in [1.165, 1.54) is 0 Å². The van der Waals surface area contributed by atoms with Crippen molar-refractivity contribution in [2.75, 3.05) is 5.32 Å². The summed E-state index contributed by atoms with van der Waals surface area (Å²) in [7, 11) is 0. The molecule has 2 aromatic carbocycles. The van der Waals surface area contributed by atoms with Crippen molar-refractivity contribution in [3.8, 4) is 6.07 Å². The number of aliphatic hydroxyl groups excluding tert-OH is 1. The number of alkyl halides is 3. The maximum atomic E-state index is 13.5. The van der Waals surface area contributed by atoms with E-state index in [2.05, 4.69) is 10.4 Å². The molecule has 178 valence electrons. The fourth-order valence-corrected chi connectivity index (χ4v) is 3.95. The number of nitrogens with one attached hydrogen (secondary N) is 1. The van der Waals surface area contributed by atoms with Crippen LogP contribution >= 0.6 is 0 Å². The quantitative estimate of drug-likeness (QED) is 0.511. The van der Waals surface area contributed by atoms with E-state index in [1.807, 2.05) is 12.1 Å². The summed E-state index contributed by atoms with van der Waals surface area (Å²) in [6.07, 6.45) is -0.950. The SMILES string of the molecule is CC1C(C#N)=CC=CC1n1nc(C(F)(F)F)cc1C(=O)Nc1cccc(C(O)c2ccccc2)c1. The molecule has 0 fully saturated rings. The topological polar surface area (TPSA) is 90.9 Å². The molecule has 0 aliphatic heterocycles. The summed E-state index contributed by atoms with van der Waals surface area (Å²) in [6, 6.07) is 17.3. The van der Waals surface area contributed by atoms with Crippen molar-refractivity contribution in [2.24, 2.45) is 5.92 Å². The predicted octanol–water partition coefficient (Wildman–Crippen LogP) is 5.43. The Morgan fingerprint density at radius 2 is 1.86 bits per heavy atom. The minimum absolute atomic E-state index is 0.299. The largest absolute Gasteiger partial charge is 0.435 e. The number of anilines is 1. The van der Waals surface area contributed by atoms with Crippen LogP contribution in [0.4, 0.5) is 18.9 Å². The van der Waals surface area contributed by atoms with Gasteiger partial charge in [-0.2, -0.15) is 23.5 Å². The van der Waals surface area contributed by atoms with Gasteiger partial charge in [-0.05, 0) is 29.3 Å². The first-order chi connectivity index (χ1) is 16.7. The molecule has 6 nitrogen and oxygen atoms in total. The van der Waals surface area contributed by atoms with Gasteiger partial charge in [-0.1, -0.05) is 61.5 Å². The Morgan fingerprint density at radius 1 is 1.14 bits per heavy atom. The third-order valence-corrected chi connectivity index (χ3v) is 5.83. The zero-order valence-electron chi connectivity index (χ0n) is 18.6. The lowest BCUT2D eigenvalue weighted by molar-refractivity contribution is -0.141. The Hall–Kier alpha value is -4.16. The third-order valence-electron chi connectivity index (χ3n) is 5.83. The van der Waals surface area contributed by atoms with Gasteiger partial charge in [0, 0.05) is 23.2 Å². The molecular formula is C26H21F3N4O2. The highest BCUT2D eigenvalue weighted by atomic mass is 19.4. The second kappa shape index (κ2) is 9.60. The Balaban J connectivity index is 1.65. The highest BCUT2D eigenvalue weighted by Crippen LogP contribution is 2.34. The number of benzene rings is 2. The molecule has 1 aliphatic carbocycles. The molecule has 1 aliphatic rings. The summed E-state index contributed by atoms with van der Waals surface area (Å²) in [5.74, 6) is -1.28. The van der Waals surface area contributed by atoms with Gasteiger partial charge in [0.1, 0.15) is 11.8 Å². The predicted molar refractivity (Wildman–Crippen MR) is 123 cm³/mol. The lowest BCUT2D eigenvalue weighted by Crippen LogP contribution is -2.25. The van der Waals surface area contributed by atoms with Crippen LogP contribution in [-0.2, 0) is 6.18 Å². The monoisotopic (exact) mass is 478 g/mol. The number of nitriles is 1. The first kappa shape index (κ1) is 24.0. The Bertz CT molecular complexity index is 1340. The molecule has 0 radical (unpaired) electrons. The number of carbonyl (C=O) groups is 1. The second-order valence-electron chi connectivity index (χ2n) is 8.15. The van der Waals surface area contributed by atoms with E-state index in [9.17, 15) is 28.3 Å². The second-order valence-corrected chi connectivity index (χ2v) is 8.15. The Labute approximate surface area is 199 Å². The summed E-state index contributed by atoms with van der Waals surface area (Å²) in [5, 5.41) is 26.3. The number of rotatable bonds is 5. The lowest BCUT2D eigenvalue weighted by Gasteiger charge is -2.25. The van der Waals surface area contributed by atoms with Gasteiger partial charge in [-0.25, -0.2) is 0 Å². The van der Waals surface area contributed by atoms with E-state index in [-0.39, 0.29) is 5.69 Å². The summed E-state index contributed by atoms with van der Waals surface area (Å²) in [4.78, 5) is 13.1. The zero-order chi connectivity index (χ0) is 25.2. The number of nitrogens with zero attached hydrogens (tertiary/aromatic N) is 3. The molecule has 1 heterocycles. The first-order valence-electron chi connectivity index (χ1n) is 10.8. The number of halogens is 3. The van der Waals surface area contributed by atoms with Crippen LogP contribution in [0.2, 0.25) is 0 Å². The zero-order valence-corrected chi connectivity index (χ0v) is 18.6. The average Bonchev–Trinajstić information content (AvgIpc) is 3.31. The summed E-state index contributed by atoms with van der Waals surface area (Å²) in [5.41, 5.74) is 0.329. The Morgan fingerprint density at radius 3 is 2.54 bits per heavy atom. The molecule has 1 aromatic heterocycles. The fourth-order valence-electron chi connectivity index (χ4n) is 3.95. The number of allylic oxidation sites excluding steroid dienone is 4. The number of aromatic nitrogens is 2. The summed E-state index contributed by atoms with van der Waals surface area (Å²) >= 11 is 0. The molecule has 3 unspecified atom stereocenters. The number of amides is 1. The van der Waals surface area contributed by atoms with Gasteiger partial charge < -0.3 is 10.4 Å². The molecule has 0 saturated carbocycles. The van der Waals surface area contributed by atoms with Crippen LogP contribution in [0.25, 0.3) is 0 Å². The summed E-state index contributed by atoms with van der Waals surface area (Å²) < 4.78 is 41.4. The van der Waals surface area contributed by atoms with Crippen molar-refractivity contribution in [1.82, 2.24) is 9.78 Å². The molecular weight excluding hydrogens is 457 g/mol. The van der Waals surface area contributed by atoms with Gasteiger partial charge in [-0.3, -0.25) is 9.48 Å². The van der Waals surface area contributed by atoms with E-state index in [0.717, 1.165) is 4.68 Å². The molecule has 35 heavy (non-hydrogen) atoms. The smallest absolute Gasteiger partial charge is 0.384 e. The van der Waals surface area contributed by atoms with E-state index in [1.54, 1.807) is 73.7 Å². The van der Waals surface area contributed by atoms with Crippen LogP contribution in [0, 0.1) is 17.2 Å². The third kappa shape index (κ3) is 5.03. The van der Waals surface area contributed by atoms with E-state index >= 15 is 0 Å². The molecule has 0 spiro atoms. The van der Waals surface area contributed by atoms with Crippen molar-refractivity contribution >= 4 is 11.6 Å². The lowest BCUT2D eigenvalue weighted by atomic mass is 9.89. The van der Waals surface area contributed by atoms with Crippen molar-refractivity contribution in [3.63, 3.8) is 0 Å². The van der Waals surface area contributed by atoms with Crippen molar-refractivity contribution in [3.05, 3.63) is 107 Å². The van der Waals surface area contributed by atoms with Crippen LogP contribution in [0.1, 0.15) is 46.4 Å². The van der Waals surface area contributed by atoms with Crippen LogP contribution in [-0.4, -0.2) is 20.8 Å². The van der Waals surface area contributed by atoms with Crippen molar-refractivity contribution in [1.29, 1.82) is 5.26 Å². The highest BCUT2D eigenvalue weighted by Gasteiger charge is 2.38. The number of carbonyl (C=O) groups excluding carboxylic acids is 1. The summed E-state index contributed by atoms with van der Waals surface area (Å²) in [6.45, 7) is 1.69. The van der Waals surface area contributed by atoms with Gasteiger partial charge in [0.2, 0.25) is 0 Å². The maximum Gasteiger partial charge on any atom is 0.435 e. The Kier molecular flexibility index (Phi) is 6.58. The number of hydrogen-bond acceptors (Lipinski definition) is 4. The first-order valence-corrected chi connectivity index (χ1v) is 10.8. The molecule has 9 heteroatoms. The fraction of sp³-hybridized carbons (Fsp3) is 0.192. The van der Waals surface area contributed by atoms with Gasteiger partial charge in [-0.15, -0.1) is 0 Å². The van der Waals surface area contributed by atoms with Crippen LogP contribution < -0.4 is 5.32 Å². The molecule has 0 saturated heterocycles. The number of aliphatic hydroxyl groups is 1. The normalized spacial score (nSPS) is 18.5. The molecule has 1 amide bonds. The van der Waals surface area contributed by atoms with Crippen LogP contribution in [0.15, 0.2) is 84.5 Å². The molecule has 0 bridgehead atoms. The molecule has 3 aromatic rings. The van der Waals surface area contributed by atoms with Gasteiger partial charge in [0.05, 0.1) is 12.1 Å². The molecule has 2 N–H and O–H groups in total. The number of hydrogen-bond donors (Lipinski definition) is 2. The minimum atomic E-state index is -4.75. The average molecular weight is 478 g/mol. The van der Waals surface area contributed by atoms with Gasteiger partial charge in [0.25, 0.3) is 5.91 Å². The van der Waals surface area contributed by atoms with Crippen molar-refractivity contribution < 1.29 is 23.1 Å².